The molecule has 0 N–H and O–H groups in total. The van der Waals surface area contributed by atoms with E-state index in [0.717, 1.165) is 0 Å². The van der Waals surface area contributed by atoms with Crippen LogP contribution in [0.1, 0.15) is 34.6 Å². The van der Waals surface area contributed by atoms with Crippen LogP contribution in [0.25, 0.3) is 0 Å². The van der Waals surface area contributed by atoms with Crippen molar-refractivity contribution in [2.24, 2.45) is 0 Å². The van der Waals surface area contributed by atoms with Crippen molar-refractivity contribution in [1.29, 1.82) is 5.26 Å². The van der Waals surface area contributed by atoms with Crippen LogP contribution in [-0.2, 0) is 4.74 Å². The van der Waals surface area contributed by atoms with Crippen LogP contribution in [0.3, 0.4) is 0 Å². The Morgan fingerprint density at radius 1 is 1.50 bits per heavy atom. The van der Waals surface area contributed by atoms with E-state index in [-0.39, 0.29) is 12.6 Å². The minimum atomic E-state index is -0.514. The van der Waals surface area contributed by atoms with Gasteiger partial charge >= 0.3 is 6.09 Å². The lowest BCUT2D eigenvalue weighted by atomic mass is 10.2. The van der Waals surface area contributed by atoms with Crippen molar-refractivity contribution in [2.45, 2.75) is 46.3 Å². The highest BCUT2D eigenvalue weighted by atomic mass is 16.6. The number of ether oxygens (including phenoxy) is 1. The standard InChI is InChI=1S/C10H18N2O2/c1-8(2)12(7-6-11)9(13)14-10(3,4)5/h8H,7H2,1-5H3. The maximum atomic E-state index is 11.5. The summed E-state index contributed by atoms with van der Waals surface area (Å²) < 4.78 is 5.15. The molecule has 0 atom stereocenters. The molecule has 0 aliphatic carbocycles. The zero-order valence-corrected chi connectivity index (χ0v) is 9.50. The first kappa shape index (κ1) is 12.8. The number of nitrogens with zero attached hydrogens (tertiary/aromatic N) is 2. The molecule has 4 heteroatoms. The fourth-order valence-electron chi connectivity index (χ4n) is 0.855. The quantitative estimate of drug-likeness (QED) is 0.639. The summed E-state index contributed by atoms with van der Waals surface area (Å²) in [4.78, 5) is 12.9. The Morgan fingerprint density at radius 2 is 2.00 bits per heavy atom. The van der Waals surface area contributed by atoms with E-state index in [2.05, 4.69) is 0 Å². The minimum Gasteiger partial charge on any atom is -0.444 e. The molecule has 0 aliphatic rings. The van der Waals surface area contributed by atoms with Crippen LogP contribution < -0.4 is 0 Å². The highest BCUT2D eigenvalue weighted by molar-refractivity contribution is 5.68. The molecular weight excluding hydrogens is 180 g/mol. The second-order valence-corrected chi connectivity index (χ2v) is 4.36. The van der Waals surface area contributed by atoms with Gasteiger partial charge in [0.2, 0.25) is 0 Å². The molecule has 0 unspecified atom stereocenters. The Morgan fingerprint density at radius 3 is 2.29 bits per heavy atom. The number of hydrogen-bond acceptors (Lipinski definition) is 3. The highest BCUT2D eigenvalue weighted by Gasteiger charge is 2.23. The van der Waals surface area contributed by atoms with Crippen LogP contribution >= 0.6 is 0 Å². The average Bonchev–Trinajstić information content (AvgIpc) is 1.95. The van der Waals surface area contributed by atoms with Gasteiger partial charge in [0.15, 0.2) is 0 Å². The largest absolute Gasteiger partial charge is 0.444 e. The van der Waals surface area contributed by atoms with Crippen LogP contribution in [-0.4, -0.2) is 29.2 Å². The van der Waals surface area contributed by atoms with Crippen LogP contribution in [0, 0.1) is 11.3 Å². The maximum Gasteiger partial charge on any atom is 0.411 e. The normalized spacial score (nSPS) is 10.9. The molecule has 0 aliphatic heterocycles. The molecule has 0 aromatic rings. The Kier molecular flexibility index (Phi) is 4.42. The van der Waals surface area contributed by atoms with Crippen LogP contribution in [0.4, 0.5) is 4.79 Å². The van der Waals surface area contributed by atoms with Gasteiger partial charge in [-0.15, -0.1) is 0 Å². The zero-order chi connectivity index (χ0) is 11.4. The lowest BCUT2D eigenvalue weighted by molar-refractivity contribution is 0.0220. The van der Waals surface area contributed by atoms with Crippen molar-refractivity contribution in [1.82, 2.24) is 4.90 Å². The monoisotopic (exact) mass is 198 g/mol. The van der Waals surface area contributed by atoms with Crippen molar-refractivity contribution in [3.05, 3.63) is 0 Å². The molecule has 80 valence electrons. The Labute approximate surface area is 85.5 Å². The summed E-state index contributed by atoms with van der Waals surface area (Å²) in [7, 11) is 0. The molecule has 0 saturated carbocycles. The molecule has 0 fully saturated rings. The second kappa shape index (κ2) is 4.85. The summed E-state index contributed by atoms with van der Waals surface area (Å²) in [6.45, 7) is 9.16. The molecule has 4 nitrogen and oxygen atoms in total. The summed E-state index contributed by atoms with van der Waals surface area (Å²) in [5, 5.41) is 8.53. The first-order valence-electron chi connectivity index (χ1n) is 4.64. The molecule has 0 spiro atoms. The smallest absolute Gasteiger partial charge is 0.411 e. The van der Waals surface area contributed by atoms with E-state index in [1.54, 1.807) is 20.8 Å². The van der Waals surface area contributed by atoms with E-state index in [4.69, 9.17) is 10.00 Å². The van der Waals surface area contributed by atoms with Gasteiger partial charge in [0, 0.05) is 6.04 Å². The number of carbonyl (C=O) groups is 1. The fraction of sp³-hybridized carbons (Fsp3) is 0.800. The fourth-order valence-corrected chi connectivity index (χ4v) is 0.855. The predicted molar refractivity (Wildman–Crippen MR) is 53.7 cm³/mol. The second-order valence-electron chi connectivity index (χ2n) is 4.36. The van der Waals surface area contributed by atoms with Gasteiger partial charge in [-0.1, -0.05) is 0 Å². The van der Waals surface area contributed by atoms with Gasteiger partial charge in [-0.3, -0.25) is 4.90 Å². The molecule has 0 saturated heterocycles. The lowest BCUT2D eigenvalue weighted by Crippen LogP contribution is -2.41. The Balaban J connectivity index is 4.39. The highest BCUT2D eigenvalue weighted by Crippen LogP contribution is 2.11. The maximum absolute atomic E-state index is 11.5. The first-order valence-corrected chi connectivity index (χ1v) is 4.64. The average molecular weight is 198 g/mol. The molecule has 1 amide bonds. The molecule has 0 rings (SSSR count). The van der Waals surface area contributed by atoms with E-state index < -0.39 is 11.7 Å². The van der Waals surface area contributed by atoms with Crippen LogP contribution in [0.2, 0.25) is 0 Å². The van der Waals surface area contributed by atoms with E-state index in [1.807, 2.05) is 19.9 Å². The van der Waals surface area contributed by atoms with E-state index in [0.29, 0.717) is 0 Å². The third-order valence-electron chi connectivity index (χ3n) is 1.49. The molecular formula is C10H18N2O2. The Bertz CT molecular complexity index is 235. The topological polar surface area (TPSA) is 53.3 Å². The van der Waals surface area contributed by atoms with Crippen molar-refractivity contribution in [3.63, 3.8) is 0 Å². The molecule has 0 heterocycles. The van der Waals surface area contributed by atoms with Gasteiger partial charge in [0.05, 0.1) is 6.07 Å². The Hall–Kier alpha value is -1.24. The molecule has 0 aromatic heterocycles. The van der Waals surface area contributed by atoms with Gasteiger partial charge in [0.25, 0.3) is 0 Å². The number of nitriles is 1. The number of rotatable bonds is 2. The summed E-state index contributed by atoms with van der Waals surface area (Å²) >= 11 is 0. The summed E-state index contributed by atoms with van der Waals surface area (Å²) in [6, 6.07) is 1.92. The lowest BCUT2D eigenvalue weighted by Gasteiger charge is -2.28. The number of amides is 1. The number of hydrogen-bond donors (Lipinski definition) is 0. The van der Waals surface area contributed by atoms with Gasteiger partial charge in [-0.2, -0.15) is 5.26 Å². The van der Waals surface area contributed by atoms with Crippen LogP contribution in [0.15, 0.2) is 0 Å². The van der Waals surface area contributed by atoms with Crippen molar-refractivity contribution >= 4 is 6.09 Å². The van der Waals surface area contributed by atoms with E-state index >= 15 is 0 Å². The van der Waals surface area contributed by atoms with Gasteiger partial charge in [-0.25, -0.2) is 4.79 Å². The molecule has 0 radical (unpaired) electrons. The minimum absolute atomic E-state index is 0.0236. The predicted octanol–water partition coefficient (Wildman–Crippen LogP) is 2.16. The van der Waals surface area contributed by atoms with Crippen molar-refractivity contribution in [2.75, 3.05) is 6.54 Å². The zero-order valence-electron chi connectivity index (χ0n) is 9.50. The van der Waals surface area contributed by atoms with Gasteiger partial charge < -0.3 is 4.74 Å². The summed E-state index contributed by atoms with van der Waals surface area (Å²) in [6.07, 6.45) is -0.436. The number of carbonyl (C=O) groups excluding carboxylic acids is 1. The SMILES string of the molecule is CC(C)N(CC#N)C(=O)OC(C)(C)C. The first-order chi connectivity index (χ1) is 6.28. The van der Waals surface area contributed by atoms with E-state index in [9.17, 15) is 4.79 Å². The summed E-state index contributed by atoms with van der Waals surface area (Å²) in [5.41, 5.74) is -0.514. The van der Waals surface area contributed by atoms with E-state index in [1.165, 1.54) is 4.90 Å². The molecule has 14 heavy (non-hydrogen) atoms. The van der Waals surface area contributed by atoms with Gasteiger partial charge in [-0.05, 0) is 34.6 Å². The van der Waals surface area contributed by atoms with Crippen LogP contribution in [0.5, 0.6) is 0 Å². The van der Waals surface area contributed by atoms with Crippen molar-refractivity contribution in [3.8, 4) is 6.07 Å². The van der Waals surface area contributed by atoms with Crippen molar-refractivity contribution < 1.29 is 9.53 Å². The summed E-state index contributed by atoms with van der Waals surface area (Å²) in [5.74, 6) is 0. The molecule has 0 aromatic carbocycles. The third-order valence-corrected chi connectivity index (χ3v) is 1.49. The third kappa shape index (κ3) is 4.70. The molecule has 0 bridgehead atoms. The van der Waals surface area contributed by atoms with Gasteiger partial charge in [0.1, 0.15) is 12.1 Å².